The van der Waals surface area contributed by atoms with Crippen molar-refractivity contribution in [2.24, 2.45) is 0 Å². The highest BCUT2D eigenvalue weighted by Crippen LogP contribution is 2.21. The van der Waals surface area contributed by atoms with Gasteiger partial charge in [0.25, 0.3) is 0 Å². The highest BCUT2D eigenvalue weighted by molar-refractivity contribution is 5.71. The molecule has 0 radical (unpaired) electrons. The first-order valence-electron chi connectivity index (χ1n) is 3.18. The monoisotopic (exact) mass is 191 g/mol. The summed E-state index contributed by atoms with van der Waals surface area (Å²) in [5, 5.41) is 0. The van der Waals surface area contributed by atoms with Gasteiger partial charge in [-0.1, -0.05) is 0 Å². The van der Waals surface area contributed by atoms with Crippen LogP contribution in [0, 0.1) is 0 Å². The van der Waals surface area contributed by atoms with E-state index in [9.17, 15) is 18.0 Å². The van der Waals surface area contributed by atoms with Crippen LogP contribution in [-0.2, 0) is 0 Å². The van der Waals surface area contributed by atoms with Crippen LogP contribution in [0.25, 0.3) is 0 Å². The number of rotatable bonds is 2. The molecular weight excluding hydrogens is 187 g/mol. The highest BCUT2D eigenvalue weighted by Gasteiger charge is 2.31. The van der Waals surface area contributed by atoms with Crippen LogP contribution in [-0.4, -0.2) is 17.6 Å². The Morgan fingerprint density at radius 2 is 2.08 bits per heavy atom. The lowest BCUT2D eigenvalue weighted by Gasteiger charge is -2.07. The molecule has 0 fully saturated rings. The summed E-state index contributed by atoms with van der Waals surface area (Å²) in [6.45, 7) is 0. The van der Waals surface area contributed by atoms with Crippen molar-refractivity contribution in [2.75, 3.05) is 0 Å². The third kappa shape index (κ3) is 3.10. The van der Waals surface area contributed by atoms with E-state index in [1.54, 1.807) is 0 Å². The van der Waals surface area contributed by atoms with E-state index in [0.717, 1.165) is 18.3 Å². The zero-order chi connectivity index (χ0) is 9.90. The maximum absolute atomic E-state index is 11.6. The molecule has 0 aliphatic rings. The average Bonchev–Trinajstić information content (AvgIpc) is 2.03. The summed E-state index contributed by atoms with van der Waals surface area (Å²) in [6.07, 6.45) is -3.47. The summed E-state index contributed by atoms with van der Waals surface area (Å²) in [6, 6.07) is 2.15. The van der Waals surface area contributed by atoms with Gasteiger partial charge in [0, 0.05) is 0 Å². The second-order valence-electron chi connectivity index (χ2n) is 2.08. The average molecular weight is 191 g/mol. The lowest BCUT2D eigenvalue weighted by Crippen LogP contribution is -2.17. The summed E-state index contributed by atoms with van der Waals surface area (Å²) < 4.78 is 38.3. The Kier molecular flexibility index (Phi) is 2.50. The first-order valence-corrected chi connectivity index (χ1v) is 3.18. The number of pyridine rings is 1. The molecule has 0 amide bonds. The minimum absolute atomic E-state index is 0.0505. The highest BCUT2D eigenvalue weighted by atomic mass is 19.4. The van der Waals surface area contributed by atoms with Gasteiger partial charge in [-0.15, -0.1) is 13.2 Å². The van der Waals surface area contributed by atoms with Gasteiger partial charge in [-0.05, 0) is 12.1 Å². The fraction of sp³-hybridized carbons (Fsp3) is 0.143. The van der Waals surface area contributed by atoms with Crippen molar-refractivity contribution >= 4 is 6.29 Å². The van der Waals surface area contributed by atoms with E-state index in [-0.39, 0.29) is 5.69 Å². The summed E-state index contributed by atoms with van der Waals surface area (Å²) in [4.78, 5) is 13.5. The topological polar surface area (TPSA) is 39.2 Å². The van der Waals surface area contributed by atoms with Crippen LogP contribution in [0.15, 0.2) is 18.3 Å². The van der Waals surface area contributed by atoms with Gasteiger partial charge in [-0.25, -0.2) is 4.98 Å². The quantitative estimate of drug-likeness (QED) is 0.669. The summed E-state index contributed by atoms with van der Waals surface area (Å²) >= 11 is 0. The normalized spacial score (nSPS) is 11.0. The molecule has 0 N–H and O–H groups in total. The minimum Gasteiger partial charge on any atom is -0.404 e. The standard InChI is InChI=1S/C7H4F3NO2/c8-7(9,10)13-6-2-1-5(4-12)11-3-6/h1-4H. The number of aromatic nitrogens is 1. The Labute approximate surface area is 71.2 Å². The molecule has 3 nitrogen and oxygen atoms in total. The molecule has 0 aromatic carbocycles. The second-order valence-corrected chi connectivity index (χ2v) is 2.08. The molecule has 0 bridgehead atoms. The fourth-order valence-electron chi connectivity index (χ4n) is 0.655. The molecule has 0 saturated carbocycles. The van der Waals surface area contributed by atoms with E-state index in [1.807, 2.05) is 0 Å². The minimum atomic E-state index is -4.73. The van der Waals surface area contributed by atoms with Crippen molar-refractivity contribution in [1.29, 1.82) is 0 Å². The van der Waals surface area contributed by atoms with E-state index in [1.165, 1.54) is 0 Å². The molecule has 70 valence electrons. The maximum atomic E-state index is 11.6. The SMILES string of the molecule is O=Cc1ccc(OC(F)(F)F)cn1. The van der Waals surface area contributed by atoms with Crippen molar-refractivity contribution in [3.05, 3.63) is 24.0 Å². The largest absolute Gasteiger partial charge is 0.573 e. The van der Waals surface area contributed by atoms with Crippen molar-refractivity contribution in [3.63, 3.8) is 0 Å². The number of ether oxygens (including phenoxy) is 1. The van der Waals surface area contributed by atoms with Crippen LogP contribution in [0.2, 0.25) is 0 Å². The predicted octanol–water partition coefficient (Wildman–Crippen LogP) is 1.79. The van der Waals surface area contributed by atoms with Gasteiger partial charge in [-0.3, -0.25) is 4.79 Å². The Morgan fingerprint density at radius 3 is 2.46 bits per heavy atom. The Morgan fingerprint density at radius 1 is 1.38 bits per heavy atom. The van der Waals surface area contributed by atoms with Crippen molar-refractivity contribution < 1.29 is 22.7 Å². The molecule has 13 heavy (non-hydrogen) atoms. The van der Waals surface area contributed by atoms with Gasteiger partial charge < -0.3 is 4.74 Å². The molecule has 0 unspecified atom stereocenters. The maximum Gasteiger partial charge on any atom is 0.573 e. The van der Waals surface area contributed by atoms with Gasteiger partial charge in [0.1, 0.15) is 11.4 Å². The number of carbonyl (C=O) groups is 1. The van der Waals surface area contributed by atoms with Crippen LogP contribution in [0.5, 0.6) is 5.75 Å². The van der Waals surface area contributed by atoms with E-state index < -0.39 is 12.1 Å². The van der Waals surface area contributed by atoms with E-state index in [0.29, 0.717) is 6.29 Å². The predicted molar refractivity (Wildman–Crippen MR) is 36.3 cm³/mol. The number of carbonyl (C=O) groups excluding carboxylic acids is 1. The zero-order valence-electron chi connectivity index (χ0n) is 6.21. The van der Waals surface area contributed by atoms with Crippen LogP contribution in [0.1, 0.15) is 10.5 Å². The molecule has 6 heteroatoms. The summed E-state index contributed by atoms with van der Waals surface area (Å²) in [7, 11) is 0. The smallest absolute Gasteiger partial charge is 0.404 e. The van der Waals surface area contributed by atoms with Gasteiger partial charge >= 0.3 is 6.36 Å². The fourth-order valence-corrected chi connectivity index (χ4v) is 0.655. The third-order valence-electron chi connectivity index (χ3n) is 1.11. The molecule has 1 aromatic heterocycles. The molecule has 0 atom stereocenters. The number of halogens is 3. The molecule has 0 aliphatic heterocycles. The summed E-state index contributed by atoms with van der Waals surface area (Å²) in [5.41, 5.74) is 0.0505. The third-order valence-corrected chi connectivity index (χ3v) is 1.11. The number of alkyl halides is 3. The molecule has 0 aliphatic carbocycles. The zero-order valence-corrected chi connectivity index (χ0v) is 6.21. The van der Waals surface area contributed by atoms with Crippen LogP contribution in [0.4, 0.5) is 13.2 Å². The van der Waals surface area contributed by atoms with Gasteiger partial charge in [0.05, 0.1) is 6.20 Å². The van der Waals surface area contributed by atoms with E-state index in [4.69, 9.17) is 0 Å². The Bertz CT molecular complexity index is 294. The van der Waals surface area contributed by atoms with E-state index >= 15 is 0 Å². The van der Waals surface area contributed by atoms with Crippen LogP contribution < -0.4 is 4.74 Å². The molecule has 0 saturated heterocycles. The number of aldehydes is 1. The lowest BCUT2D eigenvalue weighted by molar-refractivity contribution is -0.274. The van der Waals surface area contributed by atoms with Crippen molar-refractivity contribution in [2.45, 2.75) is 6.36 Å². The van der Waals surface area contributed by atoms with Crippen LogP contribution >= 0.6 is 0 Å². The molecule has 0 spiro atoms. The Balaban J connectivity index is 2.75. The van der Waals surface area contributed by atoms with Crippen molar-refractivity contribution in [3.8, 4) is 5.75 Å². The van der Waals surface area contributed by atoms with Gasteiger partial charge in [-0.2, -0.15) is 0 Å². The van der Waals surface area contributed by atoms with E-state index in [2.05, 4.69) is 9.72 Å². The lowest BCUT2D eigenvalue weighted by atomic mass is 10.4. The van der Waals surface area contributed by atoms with Crippen molar-refractivity contribution in [1.82, 2.24) is 4.98 Å². The number of hydrogen-bond acceptors (Lipinski definition) is 3. The molecule has 1 rings (SSSR count). The first-order chi connectivity index (χ1) is 6.01. The molecule has 1 heterocycles. The van der Waals surface area contributed by atoms with Crippen LogP contribution in [0.3, 0.4) is 0 Å². The Hall–Kier alpha value is -1.59. The number of nitrogens with zero attached hydrogens (tertiary/aromatic N) is 1. The summed E-state index contributed by atoms with van der Waals surface area (Å²) in [5.74, 6) is -0.446. The first kappa shape index (κ1) is 9.50. The second kappa shape index (κ2) is 3.42. The number of hydrogen-bond donors (Lipinski definition) is 0. The van der Waals surface area contributed by atoms with Gasteiger partial charge in [0.15, 0.2) is 6.29 Å². The van der Waals surface area contributed by atoms with Gasteiger partial charge in [0.2, 0.25) is 0 Å². The molecular formula is C7H4F3NO2. The molecule has 1 aromatic rings.